The van der Waals surface area contributed by atoms with Gasteiger partial charge in [-0.3, -0.25) is 24.2 Å². The predicted octanol–water partition coefficient (Wildman–Crippen LogP) is -0.424. The van der Waals surface area contributed by atoms with Crippen LogP contribution in [0.1, 0.15) is 38.5 Å². The molecule has 1 unspecified atom stereocenters. The highest BCUT2D eigenvalue weighted by atomic mass is 16.5. The van der Waals surface area contributed by atoms with Crippen LogP contribution in [0.2, 0.25) is 0 Å². The summed E-state index contributed by atoms with van der Waals surface area (Å²) < 4.78 is 0. The minimum Gasteiger partial charge on any atom is -0.481 e. The number of carboxylic acids is 1. The Bertz CT molecular complexity index is 537. The molecule has 2 rings (SSSR count). The van der Waals surface area contributed by atoms with Crippen LogP contribution in [0.25, 0.3) is 0 Å². The minimum atomic E-state index is -0.856. The van der Waals surface area contributed by atoms with Crippen molar-refractivity contribution in [2.45, 2.75) is 44.6 Å². The van der Waals surface area contributed by atoms with Crippen molar-refractivity contribution >= 4 is 17.8 Å². The monoisotopic (exact) mass is 422 g/mol. The lowest BCUT2D eigenvalue weighted by Gasteiger charge is -2.36. The molecule has 0 aromatic carbocycles. The summed E-state index contributed by atoms with van der Waals surface area (Å²) in [5, 5.41) is 14.2. The molecule has 0 aromatic rings. The summed E-state index contributed by atoms with van der Waals surface area (Å²) in [5.74, 6) is -0.931. The topological polar surface area (TPSA) is 105 Å². The maximum Gasteiger partial charge on any atom is 0.303 e. The van der Waals surface area contributed by atoms with E-state index in [-0.39, 0.29) is 18.2 Å². The summed E-state index contributed by atoms with van der Waals surface area (Å²) in [6.07, 6.45) is 3.71. The highest BCUT2D eigenvalue weighted by Crippen LogP contribution is 2.18. The highest BCUT2D eigenvalue weighted by molar-refractivity contribution is 5.78. The molecule has 2 heterocycles. The summed E-state index contributed by atoms with van der Waals surface area (Å²) in [4.78, 5) is 41.5. The number of nitrogens with zero attached hydrogens (tertiary/aromatic N) is 3. The van der Waals surface area contributed by atoms with Crippen molar-refractivity contribution < 1.29 is 19.5 Å². The van der Waals surface area contributed by atoms with Gasteiger partial charge in [-0.15, -0.1) is 0 Å². The Balaban J connectivity index is 1.55. The number of carbonyl (C=O) groups is 3. The second-order valence-corrected chi connectivity index (χ2v) is 8.17. The summed E-state index contributed by atoms with van der Waals surface area (Å²) in [7, 11) is 2.16. The molecule has 2 amide bonds. The number of amides is 2. The van der Waals surface area contributed by atoms with Crippen LogP contribution in [0.3, 0.4) is 0 Å². The zero-order valence-corrected chi connectivity index (χ0v) is 17.7. The molecule has 0 aliphatic carbocycles. The van der Waals surface area contributed by atoms with E-state index in [9.17, 15) is 14.4 Å². The summed E-state index contributed by atoms with van der Waals surface area (Å²) in [5.41, 5.74) is 0. The number of likely N-dealkylation sites (tertiary alicyclic amines) is 1. The van der Waals surface area contributed by atoms with Gasteiger partial charge in [0.25, 0.3) is 0 Å². The average molecular weight is 422 g/mol. The molecule has 2 saturated heterocycles. The lowest BCUT2D eigenvalue weighted by molar-refractivity contribution is -0.137. The average Bonchev–Trinajstić information content (AvgIpc) is 3.10. The molecule has 0 radical (unpaired) electrons. The van der Waals surface area contributed by atoms with Crippen molar-refractivity contribution in [1.29, 1.82) is 0 Å². The van der Waals surface area contributed by atoms with E-state index in [1.807, 2.05) is 0 Å². The van der Waals surface area contributed by atoms with Crippen LogP contribution in [0.15, 0.2) is 0 Å². The van der Waals surface area contributed by atoms with Crippen LogP contribution >= 0.6 is 0 Å². The molecule has 0 bridgehead atoms. The van der Waals surface area contributed by atoms with Gasteiger partial charge in [-0.2, -0.15) is 0 Å². The van der Waals surface area contributed by atoms with E-state index in [4.69, 9.17) is 5.11 Å². The molecule has 2 aliphatic rings. The van der Waals surface area contributed by atoms with Gasteiger partial charge in [0.1, 0.15) is 0 Å². The predicted molar refractivity (Wildman–Crippen MR) is 111 cm³/mol. The number of hydrogen-bond donors (Lipinski definition) is 3. The Morgan fingerprint density at radius 3 is 2.28 bits per heavy atom. The SMILES string of the molecule is CN1CCN([13CH2]C2CCCN2[13CH2]C(=O)[15NH][13CH2][13CH2][13CH2][13C](=O)[15NH]CCC[13C](=O)O)[13CH2][13CH2]1. The Labute approximate surface area is 173 Å². The van der Waals surface area contributed by atoms with E-state index in [0.717, 1.165) is 52.1 Å². The zero-order valence-electron chi connectivity index (χ0n) is 17.7. The Kier molecular flexibility index (Phi) is 10.4. The van der Waals surface area contributed by atoms with Gasteiger partial charge in [0, 0.05) is 64.7 Å². The fourth-order valence-corrected chi connectivity index (χ4v) is 3.91. The molecule has 166 valence electrons. The molecule has 3 N–H and O–H groups in total. The molecule has 29 heavy (non-hydrogen) atoms. The fourth-order valence-electron chi connectivity index (χ4n) is 3.91. The Hall–Kier alpha value is -1.71. The number of carboxylic acid groups (broad SMARTS) is 1. The number of aliphatic carboxylic acids is 1. The molecule has 9 nitrogen and oxygen atoms in total. The van der Waals surface area contributed by atoms with Crippen LogP contribution in [0.4, 0.5) is 0 Å². The van der Waals surface area contributed by atoms with Crippen molar-refractivity contribution in [2.24, 2.45) is 0 Å². The van der Waals surface area contributed by atoms with Gasteiger partial charge >= 0.3 is 5.97 Å². The standard InChI is InChI=1S/C20H37N5O4/c1-23-11-13-24(14-12-23)15-17-5-4-10-25(17)16-19(27)22-8-2-6-18(26)21-9-3-7-20(28)29/h17H,2-16H2,1H3,(H,21,26)(H,22,27)(H,28,29)/i2+1,6+1,8+1,11+1,13+1,15+1,16+1,18+1,20+1,21+1,22+1. The smallest absolute Gasteiger partial charge is 0.303 e. The van der Waals surface area contributed by atoms with Crippen LogP contribution < -0.4 is 10.6 Å². The molecule has 2 aliphatic heterocycles. The van der Waals surface area contributed by atoms with Gasteiger partial charge in [0.05, 0.1) is 6.54 Å². The largest absolute Gasteiger partial charge is 0.481 e. The van der Waals surface area contributed by atoms with Crippen LogP contribution in [-0.2, 0) is 14.4 Å². The van der Waals surface area contributed by atoms with Crippen LogP contribution in [0.5, 0.6) is 0 Å². The third-order valence-electron chi connectivity index (χ3n) is 5.70. The first-order chi connectivity index (χ1) is 13.9. The molecule has 1 atom stereocenters. The number of likely N-dealkylation sites (N-methyl/N-ethyl adjacent to an activating group) is 1. The van der Waals surface area contributed by atoms with Gasteiger partial charge in [-0.05, 0) is 39.3 Å². The van der Waals surface area contributed by atoms with Crippen molar-refractivity contribution in [2.75, 3.05) is 66.0 Å². The summed E-state index contributed by atoms with van der Waals surface area (Å²) in [6, 6.07) is 0.459. The molecule has 0 saturated carbocycles. The fraction of sp³-hybridized carbons (Fsp3) is 0.850. The van der Waals surface area contributed by atoms with Crippen molar-refractivity contribution in [3.8, 4) is 0 Å². The van der Waals surface area contributed by atoms with E-state index in [2.05, 4.69) is 32.4 Å². The first-order valence-corrected chi connectivity index (χ1v) is 10.8. The summed E-state index contributed by atoms with van der Waals surface area (Å²) in [6.45, 7) is 7.74. The molecule has 0 aromatic heterocycles. The number of rotatable bonds is 12. The first-order valence-electron chi connectivity index (χ1n) is 10.8. The van der Waals surface area contributed by atoms with E-state index >= 15 is 0 Å². The van der Waals surface area contributed by atoms with Gasteiger partial charge in [-0.25, -0.2) is 0 Å². The first kappa shape index (κ1) is 23.6. The van der Waals surface area contributed by atoms with Crippen LogP contribution in [0, 0.1) is 0 Å². The molecular formula is C20H37N5O4. The zero-order chi connectivity index (χ0) is 21.1. The van der Waals surface area contributed by atoms with Gasteiger partial charge in [0.15, 0.2) is 0 Å². The lowest BCUT2D eigenvalue weighted by atomic mass is 10.3. The minimum absolute atomic E-state index is 0.0251. The van der Waals surface area contributed by atoms with Crippen LogP contribution in [-0.4, -0.2) is 110 Å². The molecule has 0 spiro atoms. The number of carbonyl (C=O) groups excluding carboxylic acids is 2. The van der Waals surface area contributed by atoms with Gasteiger partial charge < -0.3 is 20.6 Å². The van der Waals surface area contributed by atoms with Gasteiger partial charge in [0.2, 0.25) is 11.8 Å². The third-order valence-corrected chi connectivity index (χ3v) is 5.70. The van der Waals surface area contributed by atoms with Crippen molar-refractivity contribution in [3.63, 3.8) is 0 Å². The second kappa shape index (κ2) is 12.8. The highest BCUT2D eigenvalue weighted by Gasteiger charge is 2.28. The van der Waals surface area contributed by atoms with Crippen molar-refractivity contribution in [1.82, 2.24) is 25.3 Å². The quantitative estimate of drug-likeness (QED) is 0.223. The lowest BCUT2D eigenvalue weighted by Crippen LogP contribution is -2.50. The Morgan fingerprint density at radius 2 is 1.59 bits per heavy atom. The van der Waals surface area contributed by atoms with E-state index in [0.29, 0.717) is 44.9 Å². The van der Waals surface area contributed by atoms with E-state index in [1.54, 1.807) is 0 Å². The van der Waals surface area contributed by atoms with E-state index < -0.39 is 5.97 Å². The second-order valence-electron chi connectivity index (χ2n) is 8.17. The number of piperazine rings is 1. The summed E-state index contributed by atoms with van der Waals surface area (Å²) >= 11 is 0. The maximum absolute atomic E-state index is 12.3. The molecule has 9 heteroatoms. The van der Waals surface area contributed by atoms with Gasteiger partial charge in [-0.1, -0.05) is 0 Å². The number of hydrogen-bond acceptors (Lipinski definition) is 6. The molecule has 2 fully saturated rings. The Morgan fingerprint density at radius 1 is 0.931 bits per heavy atom. The molecular weight excluding hydrogens is 385 g/mol. The third kappa shape index (κ3) is 9.56. The number of nitrogens with one attached hydrogen (secondary N) is 2. The van der Waals surface area contributed by atoms with Crippen molar-refractivity contribution in [3.05, 3.63) is 0 Å². The maximum atomic E-state index is 12.3. The normalized spacial score (nSPS) is 21.2. The van der Waals surface area contributed by atoms with E-state index in [1.165, 1.54) is 0 Å².